The average molecular weight is 294 g/mol. The van der Waals surface area contributed by atoms with Crippen LogP contribution in [0, 0.1) is 5.82 Å². The van der Waals surface area contributed by atoms with Gasteiger partial charge in [0.05, 0.1) is 11.8 Å². The van der Waals surface area contributed by atoms with Crippen LogP contribution in [-0.4, -0.2) is 32.3 Å². The van der Waals surface area contributed by atoms with Gasteiger partial charge in [0.25, 0.3) is 0 Å². The minimum absolute atomic E-state index is 0.134. The number of benzene rings is 1. The number of halogens is 1. The lowest BCUT2D eigenvalue weighted by molar-refractivity contribution is 0.115. The number of anilines is 1. The van der Waals surface area contributed by atoms with Gasteiger partial charge in [-0.05, 0) is 50.4 Å². The van der Waals surface area contributed by atoms with Gasteiger partial charge in [-0.15, -0.1) is 0 Å². The summed E-state index contributed by atoms with van der Waals surface area (Å²) in [5.74, 6) is -0.134. The third-order valence-electron chi connectivity index (χ3n) is 3.94. The van der Waals surface area contributed by atoms with Gasteiger partial charge in [-0.25, -0.2) is 4.39 Å². The fourth-order valence-electron chi connectivity index (χ4n) is 2.76. The molecule has 0 amide bonds. The smallest absolute Gasteiger partial charge is 0.146 e. The van der Waals surface area contributed by atoms with E-state index in [9.17, 15) is 4.39 Å². The Balaban J connectivity index is 1.99. The van der Waals surface area contributed by atoms with E-state index in [0.717, 1.165) is 57.6 Å². The number of hydrogen-bond donors (Lipinski definition) is 1. The van der Waals surface area contributed by atoms with Crippen LogP contribution in [0.15, 0.2) is 18.2 Å². The quantitative estimate of drug-likeness (QED) is 0.744. The molecule has 1 atom stereocenters. The van der Waals surface area contributed by atoms with Crippen LogP contribution in [0.2, 0.25) is 0 Å². The maximum atomic E-state index is 14.4. The molecule has 1 saturated heterocycles. The average Bonchev–Trinajstić information content (AvgIpc) is 2.99. The first-order valence-corrected chi connectivity index (χ1v) is 8.10. The fourth-order valence-corrected chi connectivity index (χ4v) is 2.76. The van der Waals surface area contributed by atoms with Gasteiger partial charge in [-0.2, -0.15) is 0 Å². The van der Waals surface area contributed by atoms with Crippen LogP contribution in [-0.2, 0) is 11.3 Å². The minimum Gasteiger partial charge on any atom is -0.376 e. The summed E-state index contributed by atoms with van der Waals surface area (Å²) in [6, 6.07) is 5.56. The van der Waals surface area contributed by atoms with Crippen LogP contribution in [0.3, 0.4) is 0 Å². The summed E-state index contributed by atoms with van der Waals surface area (Å²) >= 11 is 0. The van der Waals surface area contributed by atoms with Crippen molar-refractivity contribution in [1.29, 1.82) is 0 Å². The third-order valence-corrected chi connectivity index (χ3v) is 3.94. The van der Waals surface area contributed by atoms with Crippen LogP contribution in [0.25, 0.3) is 0 Å². The molecule has 1 N–H and O–H groups in total. The van der Waals surface area contributed by atoms with Crippen molar-refractivity contribution < 1.29 is 9.13 Å². The Labute approximate surface area is 127 Å². The van der Waals surface area contributed by atoms with E-state index in [0.29, 0.717) is 5.69 Å². The van der Waals surface area contributed by atoms with E-state index in [2.05, 4.69) is 24.1 Å². The molecule has 1 aliphatic heterocycles. The van der Waals surface area contributed by atoms with Crippen molar-refractivity contribution in [3.05, 3.63) is 29.6 Å². The molecule has 1 unspecified atom stereocenters. The molecule has 3 nitrogen and oxygen atoms in total. The van der Waals surface area contributed by atoms with Crippen molar-refractivity contribution >= 4 is 5.69 Å². The lowest BCUT2D eigenvalue weighted by Gasteiger charge is -2.26. The van der Waals surface area contributed by atoms with Crippen LogP contribution >= 0.6 is 0 Å². The number of likely N-dealkylation sites (N-methyl/N-ethyl adjacent to an activating group) is 1. The Morgan fingerprint density at radius 3 is 2.86 bits per heavy atom. The molecule has 1 aromatic carbocycles. The molecule has 0 saturated carbocycles. The van der Waals surface area contributed by atoms with Gasteiger partial charge >= 0.3 is 0 Å². The zero-order chi connectivity index (χ0) is 15.1. The first kappa shape index (κ1) is 16.2. The molecule has 0 spiro atoms. The predicted molar refractivity (Wildman–Crippen MR) is 85.3 cm³/mol. The van der Waals surface area contributed by atoms with Gasteiger partial charge in [0.1, 0.15) is 5.82 Å². The monoisotopic (exact) mass is 294 g/mol. The van der Waals surface area contributed by atoms with Crippen molar-refractivity contribution in [2.24, 2.45) is 0 Å². The van der Waals surface area contributed by atoms with E-state index < -0.39 is 0 Å². The molecule has 118 valence electrons. The highest BCUT2D eigenvalue weighted by molar-refractivity contribution is 5.49. The SMILES string of the molecule is CCCNCc1ccc(N(CC)CC2CCCO2)c(F)c1. The van der Waals surface area contributed by atoms with Crippen molar-refractivity contribution in [3.8, 4) is 0 Å². The van der Waals surface area contributed by atoms with E-state index in [4.69, 9.17) is 4.74 Å². The highest BCUT2D eigenvalue weighted by atomic mass is 19.1. The largest absolute Gasteiger partial charge is 0.376 e. The lowest BCUT2D eigenvalue weighted by atomic mass is 10.1. The summed E-state index contributed by atoms with van der Waals surface area (Å²) in [4.78, 5) is 2.08. The summed E-state index contributed by atoms with van der Waals surface area (Å²) in [5, 5.41) is 3.30. The standard InChI is InChI=1S/C17H27FN2O/c1-3-9-19-12-14-7-8-17(16(18)11-14)20(4-2)13-15-6-5-10-21-15/h7-8,11,15,19H,3-6,9-10,12-13H2,1-2H3. The van der Waals surface area contributed by atoms with E-state index >= 15 is 0 Å². The highest BCUT2D eigenvalue weighted by Gasteiger charge is 2.20. The van der Waals surface area contributed by atoms with E-state index in [1.54, 1.807) is 6.07 Å². The molecule has 4 heteroatoms. The normalized spacial score (nSPS) is 18.1. The molecule has 1 aliphatic rings. The van der Waals surface area contributed by atoms with Gasteiger partial charge in [0.15, 0.2) is 0 Å². The van der Waals surface area contributed by atoms with Crippen molar-refractivity contribution in [3.63, 3.8) is 0 Å². The number of nitrogens with zero attached hydrogens (tertiary/aromatic N) is 1. The highest BCUT2D eigenvalue weighted by Crippen LogP contribution is 2.23. The van der Waals surface area contributed by atoms with E-state index in [1.807, 2.05) is 12.1 Å². The van der Waals surface area contributed by atoms with E-state index in [1.165, 1.54) is 0 Å². The summed E-state index contributed by atoms with van der Waals surface area (Å²) in [6.45, 7) is 8.29. The second kappa shape index (κ2) is 8.35. The first-order valence-electron chi connectivity index (χ1n) is 8.10. The molecule has 1 aromatic rings. The van der Waals surface area contributed by atoms with Crippen molar-refractivity contribution in [2.45, 2.75) is 45.8 Å². The number of hydrogen-bond acceptors (Lipinski definition) is 3. The van der Waals surface area contributed by atoms with E-state index in [-0.39, 0.29) is 11.9 Å². The summed E-state index contributed by atoms with van der Waals surface area (Å²) in [7, 11) is 0. The summed E-state index contributed by atoms with van der Waals surface area (Å²) < 4.78 is 20.0. The van der Waals surface area contributed by atoms with Gasteiger partial charge in [-0.1, -0.05) is 13.0 Å². The number of rotatable bonds is 8. The third kappa shape index (κ3) is 4.68. The first-order chi connectivity index (χ1) is 10.2. The predicted octanol–water partition coefficient (Wildman–Crippen LogP) is 3.33. The van der Waals surface area contributed by atoms with Crippen molar-refractivity contribution in [1.82, 2.24) is 5.32 Å². The lowest BCUT2D eigenvalue weighted by Crippen LogP contribution is -2.32. The Morgan fingerprint density at radius 2 is 2.24 bits per heavy atom. The van der Waals surface area contributed by atoms with Crippen molar-refractivity contribution in [2.75, 3.05) is 31.1 Å². The van der Waals surface area contributed by atoms with Crippen LogP contribution in [0.4, 0.5) is 10.1 Å². The summed E-state index contributed by atoms with van der Waals surface area (Å²) in [6.07, 6.45) is 3.53. The van der Waals surface area contributed by atoms with Crippen LogP contribution < -0.4 is 10.2 Å². The maximum absolute atomic E-state index is 14.4. The molecule has 0 bridgehead atoms. The molecule has 1 fully saturated rings. The Bertz CT molecular complexity index is 433. The zero-order valence-electron chi connectivity index (χ0n) is 13.2. The molecular weight excluding hydrogens is 267 g/mol. The Hall–Kier alpha value is -1.13. The van der Waals surface area contributed by atoms with Gasteiger partial charge < -0.3 is 15.0 Å². The number of ether oxygens (including phenoxy) is 1. The number of nitrogens with one attached hydrogen (secondary N) is 1. The summed E-state index contributed by atoms with van der Waals surface area (Å²) in [5.41, 5.74) is 1.69. The minimum atomic E-state index is -0.134. The zero-order valence-corrected chi connectivity index (χ0v) is 13.2. The van der Waals surface area contributed by atoms with Gasteiger partial charge in [0, 0.05) is 26.2 Å². The van der Waals surface area contributed by atoms with Crippen LogP contribution in [0.1, 0.15) is 38.7 Å². The molecule has 0 aromatic heterocycles. The molecule has 1 heterocycles. The fraction of sp³-hybridized carbons (Fsp3) is 0.647. The van der Waals surface area contributed by atoms with Crippen LogP contribution in [0.5, 0.6) is 0 Å². The molecule has 0 aliphatic carbocycles. The topological polar surface area (TPSA) is 24.5 Å². The van der Waals surface area contributed by atoms with Gasteiger partial charge in [0.2, 0.25) is 0 Å². The Kier molecular flexibility index (Phi) is 6.46. The molecule has 2 rings (SSSR count). The second-order valence-corrected chi connectivity index (χ2v) is 5.64. The molecule has 21 heavy (non-hydrogen) atoms. The molecule has 0 radical (unpaired) electrons. The van der Waals surface area contributed by atoms with Gasteiger partial charge in [-0.3, -0.25) is 0 Å². The Morgan fingerprint density at radius 1 is 1.38 bits per heavy atom. The second-order valence-electron chi connectivity index (χ2n) is 5.64. The maximum Gasteiger partial charge on any atom is 0.146 e. The molecular formula is C17H27FN2O.